The molecule has 8 heteroatoms. The highest BCUT2D eigenvalue weighted by atomic mass is 35.5. The molecule has 0 aliphatic carbocycles. The Balaban J connectivity index is 1.53. The highest BCUT2D eigenvalue weighted by molar-refractivity contribution is 7.98. The van der Waals surface area contributed by atoms with E-state index in [-0.39, 0.29) is 0 Å². The number of allylic oxidation sites excluding steroid dienone is 1. The smallest absolute Gasteiger partial charge is 0.200 e. The minimum Gasteiger partial charge on any atom is -0.461 e. The van der Waals surface area contributed by atoms with Crippen LogP contribution in [0, 0.1) is 0 Å². The molecule has 5 nitrogen and oxygen atoms in total. The molecule has 0 radical (unpaired) electrons. The van der Waals surface area contributed by atoms with Crippen LogP contribution in [0.3, 0.4) is 0 Å². The Morgan fingerprint density at radius 2 is 2.11 bits per heavy atom. The molecule has 3 aromatic heterocycles. The Morgan fingerprint density at radius 3 is 2.89 bits per heavy atom. The van der Waals surface area contributed by atoms with Gasteiger partial charge in [-0.2, -0.15) is 0 Å². The lowest BCUT2D eigenvalue weighted by Gasteiger charge is -2.05. The van der Waals surface area contributed by atoms with Crippen molar-refractivity contribution in [3.63, 3.8) is 0 Å². The number of halogens is 1. The number of benzene rings is 1. The Bertz CT molecular complexity index is 1060. The normalized spacial score (nSPS) is 11.0. The van der Waals surface area contributed by atoms with Crippen LogP contribution in [0.2, 0.25) is 5.02 Å². The number of furan rings is 1. The summed E-state index contributed by atoms with van der Waals surface area (Å²) in [4.78, 5) is 4.71. The predicted molar refractivity (Wildman–Crippen MR) is 110 cm³/mol. The summed E-state index contributed by atoms with van der Waals surface area (Å²) in [6.45, 7) is 4.43. The maximum absolute atomic E-state index is 6.27. The molecule has 0 atom stereocenters. The van der Waals surface area contributed by atoms with Gasteiger partial charge in [0.2, 0.25) is 5.82 Å². The van der Waals surface area contributed by atoms with Gasteiger partial charge in [-0.3, -0.25) is 4.57 Å². The number of rotatable bonds is 7. The monoisotopic (exact) mass is 414 g/mol. The quantitative estimate of drug-likeness (QED) is 0.283. The van der Waals surface area contributed by atoms with Crippen LogP contribution in [0.25, 0.3) is 22.2 Å². The first-order valence-corrected chi connectivity index (χ1v) is 10.4. The Hall–Kier alpha value is -2.35. The van der Waals surface area contributed by atoms with Crippen molar-refractivity contribution in [3.8, 4) is 22.2 Å². The maximum atomic E-state index is 6.27. The molecule has 0 unspecified atom stereocenters. The van der Waals surface area contributed by atoms with E-state index in [1.54, 1.807) is 29.4 Å². The lowest BCUT2D eigenvalue weighted by Crippen LogP contribution is -2.00. The summed E-state index contributed by atoms with van der Waals surface area (Å²) >= 11 is 9.44. The van der Waals surface area contributed by atoms with E-state index in [0.717, 1.165) is 21.4 Å². The van der Waals surface area contributed by atoms with Crippen molar-refractivity contribution in [2.45, 2.75) is 17.5 Å². The fourth-order valence-electron chi connectivity index (χ4n) is 2.55. The molecule has 3 heterocycles. The zero-order valence-corrected chi connectivity index (χ0v) is 16.6. The summed E-state index contributed by atoms with van der Waals surface area (Å²) in [5.41, 5.74) is 1.93. The third kappa shape index (κ3) is 3.85. The largest absolute Gasteiger partial charge is 0.461 e. The summed E-state index contributed by atoms with van der Waals surface area (Å²) in [6, 6.07) is 11.4. The second-order valence-corrected chi connectivity index (χ2v) is 7.80. The molecule has 0 spiro atoms. The van der Waals surface area contributed by atoms with Crippen molar-refractivity contribution < 1.29 is 4.42 Å². The number of nitrogens with zero attached hydrogens (tertiary/aromatic N) is 4. The lowest BCUT2D eigenvalue weighted by atomic mass is 10.2. The predicted octanol–water partition coefficient (Wildman–Crippen LogP) is 5.79. The molecular formula is C19H15ClN4OS2. The van der Waals surface area contributed by atoms with Gasteiger partial charge in [0.15, 0.2) is 10.9 Å². The molecular weight excluding hydrogens is 400 g/mol. The summed E-state index contributed by atoms with van der Waals surface area (Å²) < 4.78 is 7.44. The van der Waals surface area contributed by atoms with Crippen LogP contribution in [-0.4, -0.2) is 19.7 Å². The first kappa shape index (κ1) is 18.0. The summed E-state index contributed by atoms with van der Waals surface area (Å²) in [6.07, 6.45) is 3.44. The van der Waals surface area contributed by atoms with Crippen molar-refractivity contribution in [2.24, 2.45) is 0 Å². The van der Waals surface area contributed by atoms with E-state index < -0.39 is 0 Å². The van der Waals surface area contributed by atoms with Crippen molar-refractivity contribution in [2.75, 3.05) is 0 Å². The molecule has 27 heavy (non-hydrogen) atoms. The van der Waals surface area contributed by atoms with Crippen LogP contribution in [0.5, 0.6) is 0 Å². The second-order valence-electron chi connectivity index (χ2n) is 5.60. The first-order chi connectivity index (χ1) is 13.3. The molecule has 0 bridgehead atoms. The number of aromatic nitrogens is 4. The van der Waals surface area contributed by atoms with Crippen LogP contribution in [0.15, 0.2) is 70.3 Å². The van der Waals surface area contributed by atoms with Crippen LogP contribution < -0.4 is 0 Å². The van der Waals surface area contributed by atoms with Gasteiger partial charge in [-0.05, 0) is 18.2 Å². The average molecular weight is 415 g/mol. The first-order valence-electron chi connectivity index (χ1n) is 8.16. The van der Waals surface area contributed by atoms with Crippen molar-refractivity contribution >= 4 is 34.7 Å². The molecule has 0 fully saturated rings. The van der Waals surface area contributed by atoms with Crippen molar-refractivity contribution in [1.82, 2.24) is 19.7 Å². The maximum Gasteiger partial charge on any atom is 0.200 e. The third-order valence-corrected chi connectivity index (χ3v) is 6.03. The molecule has 1 aromatic carbocycles. The number of hydrogen-bond acceptors (Lipinski definition) is 6. The second kappa shape index (κ2) is 8.12. The van der Waals surface area contributed by atoms with Gasteiger partial charge in [-0.15, -0.1) is 28.1 Å². The molecule has 0 aliphatic heterocycles. The highest BCUT2D eigenvalue weighted by Gasteiger charge is 2.16. The lowest BCUT2D eigenvalue weighted by molar-refractivity contribution is 0.569. The van der Waals surface area contributed by atoms with Gasteiger partial charge in [0.1, 0.15) is 5.01 Å². The standard InChI is InChI=1S/C19H15ClN4OS2/c1-2-9-24-17(16-8-5-10-25-16)22-23-19(24)27-12-13-11-26-18(21-13)14-6-3-4-7-15(14)20/h2-8,10-11H,1,9,12H2. The SMILES string of the molecule is C=CCn1c(SCc2csc(-c3ccccc3Cl)n2)nnc1-c1ccco1. The van der Waals surface area contributed by atoms with Crippen LogP contribution >= 0.6 is 34.7 Å². The number of hydrogen-bond donors (Lipinski definition) is 0. The van der Waals surface area contributed by atoms with E-state index in [9.17, 15) is 0 Å². The van der Waals surface area contributed by atoms with Crippen molar-refractivity contribution in [3.05, 3.63) is 71.4 Å². The fourth-order valence-corrected chi connectivity index (χ4v) is 4.63. The van der Waals surface area contributed by atoms with Crippen LogP contribution in [0.1, 0.15) is 5.69 Å². The van der Waals surface area contributed by atoms with E-state index in [4.69, 9.17) is 21.0 Å². The zero-order chi connectivity index (χ0) is 18.6. The molecule has 4 rings (SSSR count). The van der Waals surface area contributed by atoms with E-state index in [1.807, 2.05) is 52.4 Å². The Morgan fingerprint density at radius 1 is 1.22 bits per heavy atom. The Kier molecular flexibility index (Phi) is 5.42. The molecule has 0 saturated heterocycles. The van der Waals surface area contributed by atoms with Crippen LogP contribution in [-0.2, 0) is 12.3 Å². The highest BCUT2D eigenvalue weighted by Crippen LogP contribution is 2.32. The van der Waals surface area contributed by atoms with E-state index in [0.29, 0.717) is 28.9 Å². The Labute approximate surface area is 169 Å². The summed E-state index contributed by atoms with van der Waals surface area (Å²) in [7, 11) is 0. The molecule has 136 valence electrons. The van der Waals surface area contributed by atoms with Crippen molar-refractivity contribution in [1.29, 1.82) is 0 Å². The summed E-state index contributed by atoms with van der Waals surface area (Å²) in [5, 5.41) is 13.1. The average Bonchev–Trinajstić information content (AvgIpc) is 3.42. The summed E-state index contributed by atoms with van der Waals surface area (Å²) in [5.74, 6) is 2.07. The van der Waals surface area contributed by atoms with E-state index >= 15 is 0 Å². The van der Waals surface area contributed by atoms with Crippen LogP contribution in [0.4, 0.5) is 0 Å². The fraction of sp³-hybridized carbons (Fsp3) is 0.105. The van der Waals surface area contributed by atoms with E-state index in [1.165, 1.54) is 0 Å². The molecule has 0 amide bonds. The topological polar surface area (TPSA) is 56.7 Å². The van der Waals surface area contributed by atoms with Gasteiger partial charge in [0.05, 0.1) is 17.0 Å². The van der Waals surface area contributed by atoms with Gasteiger partial charge in [-0.25, -0.2) is 4.98 Å². The molecule has 0 N–H and O–H groups in total. The molecule has 0 aliphatic rings. The van der Waals surface area contributed by atoms with Gasteiger partial charge in [0.25, 0.3) is 0 Å². The molecule has 4 aromatic rings. The minimum absolute atomic E-state index is 0.604. The number of thiazole rings is 1. The van der Waals surface area contributed by atoms with Gasteiger partial charge >= 0.3 is 0 Å². The van der Waals surface area contributed by atoms with Gasteiger partial charge < -0.3 is 4.42 Å². The molecule has 0 saturated carbocycles. The third-order valence-electron chi connectivity index (χ3n) is 3.78. The minimum atomic E-state index is 0.604. The zero-order valence-electron chi connectivity index (χ0n) is 14.2. The van der Waals surface area contributed by atoms with Gasteiger partial charge in [-0.1, -0.05) is 47.6 Å². The number of thioether (sulfide) groups is 1. The van der Waals surface area contributed by atoms with E-state index in [2.05, 4.69) is 16.8 Å². The van der Waals surface area contributed by atoms with Gasteiger partial charge in [0, 0.05) is 23.2 Å².